The van der Waals surface area contributed by atoms with Gasteiger partial charge in [0.25, 0.3) is 0 Å². The summed E-state index contributed by atoms with van der Waals surface area (Å²) < 4.78 is 37.7. The number of fused-ring (bicyclic) bond motifs is 1. The normalized spacial score (nSPS) is 11.5. The first-order valence-electron chi connectivity index (χ1n) is 12.2. The van der Waals surface area contributed by atoms with Crippen molar-refractivity contribution in [1.29, 1.82) is 0 Å². The van der Waals surface area contributed by atoms with Crippen LogP contribution >= 0.6 is 0 Å². The topological polar surface area (TPSA) is 83.4 Å². The largest absolute Gasteiger partial charge is 0.478 e. The van der Waals surface area contributed by atoms with E-state index >= 15 is 0 Å². The Hall–Kier alpha value is -4.27. The van der Waals surface area contributed by atoms with Crippen molar-refractivity contribution in [3.05, 3.63) is 96.1 Å². The van der Waals surface area contributed by atoms with Crippen LogP contribution in [0.5, 0.6) is 0 Å². The molecule has 2 aromatic carbocycles. The SMILES string of the molecule is CN(Cc1ccc(-c2ccc(C(F)(F)F)nc2)cc1)C(=O)CC(C)(C)C.O=C(O)c1ccc2cnccc2c1. The molecule has 6 nitrogen and oxygen atoms in total. The van der Waals surface area contributed by atoms with E-state index in [1.807, 2.05) is 45.0 Å². The minimum absolute atomic E-state index is 0.0647. The molecule has 0 atom stereocenters. The summed E-state index contributed by atoms with van der Waals surface area (Å²) in [6, 6.07) is 16.5. The number of aromatic nitrogens is 2. The molecule has 0 aliphatic heterocycles. The lowest BCUT2D eigenvalue weighted by atomic mass is 9.91. The van der Waals surface area contributed by atoms with Crippen LogP contribution in [0.4, 0.5) is 13.2 Å². The second-order valence-corrected chi connectivity index (χ2v) is 10.4. The monoisotopic (exact) mass is 537 g/mol. The number of carbonyl (C=O) groups excluding carboxylic acids is 1. The molecule has 4 rings (SSSR count). The predicted octanol–water partition coefficient (Wildman–Crippen LogP) is 7.10. The summed E-state index contributed by atoms with van der Waals surface area (Å²) in [5.74, 6) is -0.827. The third-order valence-corrected chi connectivity index (χ3v) is 5.76. The average Bonchev–Trinajstić information content (AvgIpc) is 2.88. The molecule has 204 valence electrons. The summed E-state index contributed by atoms with van der Waals surface area (Å²) in [5.41, 5.74) is 1.68. The van der Waals surface area contributed by atoms with Gasteiger partial charge in [0, 0.05) is 49.6 Å². The summed E-state index contributed by atoms with van der Waals surface area (Å²) in [6.07, 6.45) is 0.608. The van der Waals surface area contributed by atoms with Crippen molar-refractivity contribution in [3.8, 4) is 11.1 Å². The second-order valence-electron chi connectivity index (χ2n) is 10.4. The van der Waals surface area contributed by atoms with Crippen molar-refractivity contribution in [2.24, 2.45) is 5.41 Å². The van der Waals surface area contributed by atoms with Gasteiger partial charge in [-0.2, -0.15) is 13.2 Å². The maximum absolute atomic E-state index is 12.6. The van der Waals surface area contributed by atoms with Crippen molar-refractivity contribution >= 4 is 22.6 Å². The number of carboxylic acids is 1. The molecule has 0 fully saturated rings. The number of alkyl halides is 3. The van der Waals surface area contributed by atoms with Gasteiger partial charge in [0.15, 0.2) is 0 Å². The van der Waals surface area contributed by atoms with Crippen LogP contribution in [0.15, 0.2) is 79.3 Å². The van der Waals surface area contributed by atoms with Gasteiger partial charge in [-0.3, -0.25) is 14.8 Å². The Labute approximate surface area is 225 Å². The fourth-order valence-electron chi connectivity index (χ4n) is 3.70. The van der Waals surface area contributed by atoms with Gasteiger partial charge >= 0.3 is 12.1 Å². The van der Waals surface area contributed by atoms with E-state index in [-0.39, 0.29) is 11.3 Å². The highest BCUT2D eigenvalue weighted by Crippen LogP contribution is 2.29. The molecule has 0 radical (unpaired) electrons. The number of amides is 1. The number of carbonyl (C=O) groups is 2. The summed E-state index contributed by atoms with van der Waals surface area (Å²) in [4.78, 5) is 31.9. The Morgan fingerprint density at radius 3 is 2.10 bits per heavy atom. The Kier molecular flexibility index (Phi) is 9.06. The van der Waals surface area contributed by atoms with Gasteiger partial charge in [-0.05, 0) is 46.2 Å². The summed E-state index contributed by atoms with van der Waals surface area (Å²) in [5, 5.41) is 10.6. The number of pyridine rings is 2. The van der Waals surface area contributed by atoms with Crippen LogP contribution in [0.3, 0.4) is 0 Å². The summed E-state index contributed by atoms with van der Waals surface area (Å²) in [7, 11) is 1.77. The fourth-order valence-corrected chi connectivity index (χ4v) is 3.70. The van der Waals surface area contributed by atoms with E-state index in [4.69, 9.17) is 5.11 Å². The molecule has 39 heavy (non-hydrogen) atoms. The zero-order valence-corrected chi connectivity index (χ0v) is 22.2. The van der Waals surface area contributed by atoms with E-state index in [1.54, 1.807) is 48.6 Å². The van der Waals surface area contributed by atoms with Gasteiger partial charge in [0.05, 0.1) is 5.56 Å². The van der Waals surface area contributed by atoms with Gasteiger partial charge in [-0.1, -0.05) is 57.2 Å². The van der Waals surface area contributed by atoms with Crippen LogP contribution in [0.25, 0.3) is 21.9 Å². The van der Waals surface area contributed by atoms with Crippen LogP contribution in [-0.4, -0.2) is 38.9 Å². The predicted molar refractivity (Wildman–Crippen MR) is 144 cm³/mol. The molecular formula is C30H30F3N3O3. The molecule has 1 amide bonds. The number of nitrogens with zero attached hydrogens (tertiary/aromatic N) is 3. The molecule has 4 aromatic rings. The van der Waals surface area contributed by atoms with E-state index in [0.29, 0.717) is 24.1 Å². The Morgan fingerprint density at radius 1 is 0.872 bits per heavy atom. The first kappa shape index (κ1) is 29.3. The van der Waals surface area contributed by atoms with Crippen molar-refractivity contribution in [2.75, 3.05) is 7.05 Å². The smallest absolute Gasteiger partial charge is 0.433 e. The molecule has 0 saturated carbocycles. The minimum Gasteiger partial charge on any atom is -0.478 e. The molecule has 2 heterocycles. The number of carboxylic acid groups (broad SMARTS) is 1. The highest BCUT2D eigenvalue weighted by Gasteiger charge is 2.32. The van der Waals surface area contributed by atoms with Crippen molar-refractivity contribution < 1.29 is 27.9 Å². The average molecular weight is 538 g/mol. The van der Waals surface area contributed by atoms with Crippen molar-refractivity contribution in [2.45, 2.75) is 39.9 Å². The van der Waals surface area contributed by atoms with Crippen molar-refractivity contribution in [3.63, 3.8) is 0 Å². The maximum atomic E-state index is 12.6. The highest BCUT2D eigenvalue weighted by atomic mass is 19.4. The third kappa shape index (κ3) is 8.63. The molecule has 2 aromatic heterocycles. The summed E-state index contributed by atoms with van der Waals surface area (Å²) >= 11 is 0. The molecular weight excluding hydrogens is 507 g/mol. The van der Waals surface area contributed by atoms with Crippen LogP contribution in [0, 0.1) is 5.41 Å². The van der Waals surface area contributed by atoms with Gasteiger partial charge in [-0.15, -0.1) is 0 Å². The minimum atomic E-state index is -4.44. The number of hydrogen-bond acceptors (Lipinski definition) is 4. The molecule has 0 unspecified atom stereocenters. The molecule has 0 aliphatic carbocycles. The first-order chi connectivity index (χ1) is 18.2. The first-order valence-corrected chi connectivity index (χ1v) is 12.2. The maximum Gasteiger partial charge on any atom is 0.433 e. The number of aromatic carboxylic acids is 1. The van der Waals surface area contributed by atoms with Gasteiger partial charge < -0.3 is 10.0 Å². The number of benzene rings is 2. The zero-order chi connectivity index (χ0) is 28.8. The number of hydrogen-bond donors (Lipinski definition) is 1. The van der Waals surface area contributed by atoms with Crippen LogP contribution in [-0.2, 0) is 17.5 Å². The van der Waals surface area contributed by atoms with Crippen LogP contribution in [0.2, 0.25) is 0 Å². The molecule has 0 aliphatic rings. The van der Waals surface area contributed by atoms with Gasteiger partial charge in [0.2, 0.25) is 5.91 Å². The number of halogens is 3. The van der Waals surface area contributed by atoms with Crippen LogP contribution in [0.1, 0.15) is 48.8 Å². The Morgan fingerprint density at radius 2 is 1.54 bits per heavy atom. The van der Waals surface area contributed by atoms with Gasteiger partial charge in [0.1, 0.15) is 5.69 Å². The Balaban J connectivity index is 0.000000268. The lowest BCUT2D eigenvalue weighted by Gasteiger charge is -2.23. The van der Waals surface area contributed by atoms with E-state index in [0.717, 1.165) is 28.0 Å². The molecule has 0 spiro atoms. The second kappa shape index (κ2) is 12.1. The van der Waals surface area contributed by atoms with Crippen LogP contribution < -0.4 is 0 Å². The zero-order valence-electron chi connectivity index (χ0n) is 22.2. The fraction of sp³-hybridized carbons (Fsp3) is 0.267. The molecule has 0 saturated heterocycles. The van der Waals surface area contributed by atoms with Gasteiger partial charge in [-0.25, -0.2) is 4.79 Å². The molecule has 9 heteroatoms. The molecule has 1 N–H and O–H groups in total. The van der Waals surface area contributed by atoms with E-state index in [2.05, 4.69) is 9.97 Å². The van der Waals surface area contributed by atoms with E-state index in [9.17, 15) is 22.8 Å². The van der Waals surface area contributed by atoms with E-state index < -0.39 is 17.8 Å². The standard InChI is InChI=1S/C20H23F3N2O.C10H7NO2/c1-19(2,3)11-18(26)25(4)13-14-5-7-15(8-6-14)16-9-10-17(24-12-16)20(21,22)23;12-10(13)8-1-2-9-6-11-4-3-7(9)5-8/h5-10,12H,11,13H2,1-4H3;1-6H,(H,12,13). The number of rotatable bonds is 5. The Bertz CT molecular complexity index is 1430. The van der Waals surface area contributed by atoms with E-state index in [1.165, 1.54) is 12.3 Å². The summed E-state index contributed by atoms with van der Waals surface area (Å²) in [6.45, 7) is 6.54. The highest BCUT2D eigenvalue weighted by molar-refractivity contribution is 5.94. The van der Waals surface area contributed by atoms with Crippen molar-refractivity contribution in [1.82, 2.24) is 14.9 Å². The lowest BCUT2D eigenvalue weighted by molar-refractivity contribution is -0.141. The quantitative estimate of drug-likeness (QED) is 0.294. The molecule has 0 bridgehead atoms. The lowest BCUT2D eigenvalue weighted by Crippen LogP contribution is -2.29. The third-order valence-electron chi connectivity index (χ3n) is 5.76.